The first-order chi connectivity index (χ1) is 14.0. The maximum atomic E-state index is 12.7. The van der Waals surface area contributed by atoms with E-state index in [-0.39, 0.29) is 12.6 Å². The third-order valence-corrected chi connectivity index (χ3v) is 5.89. The molecule has 0 radical (unpaired) electrons. The molecule has 1 fully saturated rings. The van der Waals surface area contributed by atoms with Crippen LogP contribution in [0.4, 0.5) is 5.69 Å². The molecule has 1 saturated heterocycles. The van der Waals surface area contributed by atoms with Crippen LogP contribution in [0.15, 0.2) is 78.9 Å². The van der Waals surface area contributed by atoms with Gasteiger partial charge in [-0.2, -0.15) is 0 Å². The maximum absolute atomic E-state index is 12.7. The molecule has 1 heterocycles. The summed E-state index contributed by atoms with van der Waals surface area (Å²) >= 11 is 0. The van der Waals surface area contributed by atoms with Crippen molar-refractivity contribution in [2.45, 2.75) is 19.3 Å². The lowest BCUT2D eigenvalue weighted by atomic mass is 10.1. The summed E-state index contributed by atoms with van der Waals surface area (Å²) in [5.74, 6) is 0.527. The molecule has 1 atom stereocenters. The molecule has 6 heteroatoms. The van der Waals surface area contributed by atoms with E-state index in [4.69, 9.17) is 9.47 Å². The van der Waals surface area contributed by atoms with Gasteiger partial charge in [-0.25, -0.2) is 8.42 Å². The van der Waals surface area contributed by atoms with Crippen LogP contribution in [0.2, 0.25) is 0 Å². The number of benzene rings is 3. The van der Waals surface area contributed by atoms with Gasteiger partial charge in [-0.05, 0) is 28.8 Å². The summed E-state index contributed by atoms with van der Waals surface area (Å²) < 4.78 is 38.2. The lowest BCUT2D eigenvalue weighted by Gasteiger charge is -2.25. The molecule has 0 aliphatic carbocycles. The van der Waals surface area contributed by atoms with E-state index in [1.807, 2.05) is 78.9 Å². The molecule has 0 spiro atoms. The fraction of sp³-hybridized carbons (Fsp3) is 0.217. The smallest absolute Gasteiger partial charge is 0.232 e. The molecule has 1 unspecified atom stereocenters. The third kappa shape index (κ3) is 4.96. The first kappa shape index (κ1) is 19.5. The second-order valence-corrected chi connectivity index (χ2v) is 8.99. The highest BCUT2D eigenvalue weighted by atomic mass is 32.2. The van der Waals surface area contributed by atoms with Crippen LogP contribution < -0.4 is 9.04 Å². The predicted molar refractivity (Wildman–Crippen MR) is 113 cm³/mol. The normalized spacial score (nSPS) is 15.7. The Balaban J connectivity index is 1.69. The minimum absolute atomic E-state index is 0.0232. The van der Waals surface area contributed by atoms with Gasteiger partial charge >= 0.3 is 0 Å². The van der Waals surface area contributed by atoms with Gasteiger partial charge in [0.1, 0.15) is 18.5 Å². The van der Waals surface area contributed by atoms with Crippen molar-refractivity contribution in [3.05, 3.63) is 95.6 Å². The fourth-order valence-corrected chi connectivity index (χ4v) is 4.04. The summed E-state index contributed by atoms with van der Waals surface area (Å²) in [6, 6.07) is 25.0. The van der Waals surface area contributed by atoms with E-state index >= 15 is 0 Å². The Hall–Kier alpha value is -2.83. The molecule has 1 aliphatic heterocycles. The van der Waals surface area contributed by atoms with Gasteiger partial charge in [0.25, 0.3) is 0 Å². The molecule has 4 rings (SSSR count). The van der Waals surface area contributed by atoms with Crippen LogP contribution in [0.5, 0.6) is 5.75 Å². The Labute approximate surface area is 171 Å². The summed E-state index contributed by atoms with van der Waals surface area (Å²) in [6.45, 7) is 1.24. The highest BCUT2D eigenvalue weighted by Gasteiger charge is 2.28. The zero-order valence-electron chi connectivity index (χ0n) is 16.2. The van der Waals surface area contributed by atoms with E-state index in [1.165, 1.54) is 10.6 Å². The van der Waals surface area contributed by atoms with Gasteiger partial charge in [0, 0.05) is 0 Å². The first-order valence-corrected chi connectivity index (χ1v) is 11.3. The van der Waals surface area contributed by atoms with E-state index in [0.717, 1.165) is 16.7 Å². The maximum Gasteiger partial charge on any atom is 0.232 e. The lowest BCUT2D eigenvalue weighted by molar-refractivity contribution is 0.307. The van der Waals surface area contributed by atoms with Gasteiger partial charge in [-0.15, -0.1) is 0 Å². The number of anilines is 1. The summed E-state index contributed by atoms with van der Waals surface area (Å²) in [5.41, 5.74) is 3.40. The van der Waals surface area contributed by atoms with Crippen LogP contribution in [0.25, 0.3) is 0 Å². The van der Waals surface area contributed by atoms with Crippen molar-refractivity contribution >= 4 is 15.7 Å². The van der Waals surface area contributed by atoms with Crippen LogP contribution in [0.3, 0.4) is 0 Å². The van der Waals surface area contributed by atoms with Gasteiger partial charge in [-0.3, -0.25) is 4.31 Å². The zero-order chi connectivity index (χ0) is 20.3. The largest absolute Gasteiger partial charge is 0.487 e. The lowest BCUT2D eigenvalue weighted by Crippen LogP contribution is -2.29. The van der Waals surface area contributed by atoms with Gasteiger partial charge in [0.15, 0.2) is 0 Å². The minimum atomic E-state index is -3.53. The van der Waals surface area contributed by atoms with Gasteiger partial charge in [-0.1, -0.05) is 66.7 Å². The summed E-state index contributed by atoms with van der Waals surface area (Å²) in [6.07, 6.45) is 1.24. The molecule has 0 aromatic heterocycles. The van der Waals surface area contributed by atoms with Crippen molar-refractivity contribution in [2.24, 2.45) is 0 Å². The van der Waals surface area contributed by atoms with E-state index in [1.54, 1.807) is 0 Å². The molecule has 0 saturated carbocycles. The van der Waals surface area contributed by atoms with E-state index in [9.17, 15) is 8.42 Å². The number of epoxide rings is 1. The number of hydrogen-bond donors (Lipinski definition) is 0. The summed E-state index contributed by atoms with van der Waals surface area (Å²) in [7, 11) is -3.53. The molecule has 29 heavy (non-hydrogen) atoms. The Bertz CT molecular complexity index is 1060. The molecular formula is C23H23NO4S. The van der Waals surface area contributed by atoms with Gasteiger partial charge < -0.3 is 9.47 Å². The van der Waals surface area contributed by atoms with Crippen LogP contribution >= 0.6 is 0 Å². The Morgan fingerprint density at radius 1 is 0.966 bits per heavy atom. The fourth-order valence-electron chi connectivity index (χ4n) is 3.16. The van der Waals surface area contributed by atoms with Crippen molar-refractivity contribution in [3.63, 3.8) is 0 Å². The van der Waals surface area contributed by atoms with E-state index in [0.29, 0.717) is 24.7 Å². The molecule has 3 aromatic rings. The van der Waals surface area contributed by atoms with Crippen LogP contribution in [-0.2, 0) is 27.9 Å². The molecule has 0 N–H and O–H groups in total. The van der Waals surface area contributed by atoms with Gasteiger partial charge in [0.05, 0.1) is 25.1 Å². The van der Waals surface area contributed by atoms with Crippen molar-refractivity contribution in [3.8, 4) is 5.75 Å². The Morgan fingerprint density at radius 2 is 1.59 bits per heavy atom. The standard InChI is InChI=1S/C23H23NO4S/c1-29(25,26)24(15-18-8-4-2-5-9-18)21-14-20(23-17-28-23)12-13-22(21)27-16-19-10-6-3-7-11-19/h2-14,23H,15-17H2,1H3. The topological polar surface area (TPSA) is 59.1 Å². The van der Waals surface area contributed by atoms with Crippen LogP contribution in [-0.4, -0.2) is 21.3 Å². The number of nitrogens with zero attached hydrogens (tertiary/aromatic N) is 1. The molecule has 3 aromatic carbocycles. The quantitative estimate of drug-likeness (QED) is 0.521. The summed E-state index contributed by atoms with van der Waals surface area (Å²) in [4.78, 5) is 0. The average molecular weight is 410 g/mol. The molecule has 1 aliphatic rings. The third-order valence-electron chi connectivity index (χ3n) is 4.76. The predicted octanol–water partition coefficient (Wildman–Crippen LogP) is 4.30. The Morgan fingerprint density at radius 3 is 2.17 bits per heavy atom. The van der Waals surface area contributed by atoms with E-state index in [2.05, 4.69) is 0 Å². The van der Waals surface area contributed by atoms with Crippen molar-refractivity contribution in [1.29, 1.82) is 0 Å². The molecular weight excluding hydrogens is 386 g/mol. The molecule has 150 valence electrons. The van der Waals surface area contributed by atoms with Crippen molar-refractivity contribution in [2.75, 3.05) is 17.2 Å². The monoisotopic (exact) mass is 409 g/mol. The summed E-state index contributed by atoms with van der Waals surface area (Å²) in [5, 5.41) is 0. The number of rotatable bonds is 8. The minimum Gasteiger partial charge on any atom is -0.487 e. The highest BCUT2D eigenvalue weighted by molar-refractivity contribution is 7.92. The zero-order valence-corrected chi connectivity index (χ0v) is 17.0. The number of hydrogen-bond acceptors (Lipinski definition) is 4. The number of ether oxygens (including phenoxy) is 2. The first-order valence-electron chi connectivity index (χ1n) is 9.44. The number of sulfonamides is 1. The van der Waals surface area contributed by atoms with Crippen molar-refractivity contribution < 1.29 is 17.9 Å². The molecule has 0 bridgehead atoms. The average Bonchev–Trinajstić information content (AvgIpc) is 3.57. The molecule has 0 amide bonds. The van der Waals surface area contributed by atoms with Crippen LogP contribution in [0, 0.1) is 0 Å². The molecule has 5 nitrogen and oxygen atoms in total. The highest BCUT2D eigenvalue weighted by Crippen LogP contribution is 2.38. The van der Waals surface area contributed by atoms with Gasteiger partial charge in [0.2, 0.25) is 10.0 Å². The SMILES string of the molecule is CS(=O)(=O)N(Cc1ccccc1)c1cc(C2CO2)ccc1OCc1ccccc1. The van der Waals surface area contributed by atoms with Crippen molar-refractivity contribution in [1.82, 2.24) is 0 Å². The van der Waals surface area contributed by atoms with Crippen LogP contribution in [0.1, 0.15) is 22.8 Å². The Kier molecular flexibility index (Phi) is 5.56. The second-order valence-electron chi connectivity index (χ2n) is 7.08. The van der Waals surface area contributed by atoms with E-state index < -0.39 is 10.0 Å². The second kappa shape index (κ2) is 8.27.